The molecule has 26 heavy (non-hydrogen) atoms. The van der Waals surface area contributed by atoms with Gasteiger partial charge in [0.25, 0.3) is 0 Å². The molecule has 0 aliphatic carbocycles. The number of hydrogen-bond donors (Lipinski definition) is 2. The van der Waals surface area contributed by atoms with E-state index < -0.39 is 0 Å². The lowest BCUT2D eigenvalue weighted by atomic mass is 10.2. The van der Waals surface area contributed by atoms with Crippen molar-refractivity contribution in [1.82, 2.24) is 20.3 Å². The Morgan fingerprint density at radius 1 is 1.27 bits per heavy atom. The highest BCUT2D eigenvalue weighted by atomic mass is 32.1. The fourth-order valence-corrected chi connectivity index (χ4v) is 4.38. The molecule has 0 unspecified atom stereocenters. The Hall–Kier alpha value is -2.29. The number of anilines is 2. The zero-order chi connectivity index (χ0) is 18.1. The summed E-state index contributed by atoms with van der Waals surface area (Å²) >= 11 is 1.77. The molecule has 0 aromatic carbocycles. The van der Waals surface area contributed by atoms with E-state index in [0.29, 0.717) is 11.6 Å². The van der Waals surface area contributed by atoms with Crippen LogP contribution in [0.5, 0.6) is 0 Å². The average Bonchev–Trinajstić information content (AvgIpc) is 2.99. The molecule has 0 spiro atoms. The Bertz CT molecular complexity index is 918. The summed E-state index contributed by atoms with van der Waals surface area (Å²) in [4.78, 5) is 17.5. The van der Waals surface area contributed by atoms with Gasteiger partial charge in [-0.2, -0.15) is 0 Å². The van der Waals surface area contributed by atoms with Gasteiger partial charge < -0.3 is 20.7 Å². The first-order valence-electron chi connectivity index (χ1n) is 8.66. The third-order valence-corrected chi connectivity index (χ3v) is 5.82. The third kappa shape index (κ3) is 3.11. The summed E-state index contributed by atoms with van der Waals surface area (Å²) in [6.45, 7) is 6.07. The number of nitrogens with zero attached hydrogens (tertiary/aromatic N) is 4. The number of pyridine rings is 1. The molecule has 1 aliphatic heterocycles. The number of morpholine rings is 1. The highest BCUT2D eigenvalue weighted by Crippen LogP contribution is 2.37. The molecule has 0 amide bonds. The van der Waals surface area contributed by atoms with Crippen molar-refractivity contribution in [2.24, 2.45) is 0 Å². The summed E-state index contributed by atoms with van der Waals surface area (Å²) in [7, 11) is 1.96. The molecule has 4 rings (SSSR count). The van der Waals surface area contributed by atoms with E-state index in [4.69, 9.17) is 20.4 Å². The van der Waals surface area contributed by atoms with Crippen LogP contribution < -0.4 is 16.0 Å². The minimum atomic E-state index is 0.492. The van der Waals surface area contributed by atoms with Crippen LogP contribution in [0.3, 0.4) is 0 Å². The number of aryl methyl sites for hydroxylation is 1. The van der Waals surface area contributed by atoms with Crippen molar-refractivity contribution in [2.75, 3.05) is 44.0 Å². The van der Waals surface area contributed by atoms with Crippen LogP contribution in [0.4, 0.5) is 11.6 Å². The molecule has 0 atom stereocenters. The van der Waals surface area contributed by atoms with Gasteiger partial charge in [0.05, 0.1) is 23.4 Å². The monoisotopic (exact) mass is 370 g/mol. The summed E-state index contributed by atoms with van der Waals surface area (Å²) in [5, 5.41) is 3.24. The van der Waals surface area contributed by atoms with Gasteiger partial charge in [-0.1, -0.05) is 0 Å². The second-order valence-electron chi connectivity index (χ2n) is 6.30. The van der Waals surface area contributed by atoms with E-state index >= 15 is 0 Å². The molecule has 1 fully saturated rings. The molecular weight excluding hydrogens is 348 g/mol. The van der Waals surface area contributed by atoms with Crippen LogP contribution in [0.1, 0.15) is 10.4 Å². The third-order valence-electron chi connectivity index (χ3n) is 4.54. The number of nitrogens with one attached hydrogen (secondary N) is 1. The molecule has 1 aliphatic rings. The van der Waals surface area contributed by atoms with Crippen LogP contribution in [0, 0.1) is 6.92 Å². The van der Waals surface area contributed by atoms with Gasteiger partial charge in [-0.15, -0.1) is 11.3 Å². The van der Waals surface area contributed by atoms with Gasteiger partial charge in [-0.05, 0) is 31.7 Å². The Labute approximate surface area is 156 Å². The van der Waals surface area contributed by atoms with Crippen LogP contribution in [0.2, 0.25) is 0 Å². The first-order valence-corrected chi connectivity index (χ1v) is 9.48. The second kappa shape index (κ2) is 7.14. The lowest BCUT2D eigenvalue weighted by Crippen LogP contribution is -2.36. The van der Waals surface area contributed by atoms with Gasteiger partial charge in [0.15, 0.2) is 11.6 Å². The lowest BCUT2D eigenvalue weighted by Gasteiger charge is -2.28. The van der Waals surface area contributed by atoms with Crippen molar-refractivity contribution in [3.63, 3.8) is 0 Å². The number of hydrogen-bond acceptors (Lipinski definition) is 8. The lowest BCUT2D eigenvalue weighted by molar-refractivity contribution is 0.122. The first-order chi connectivity index (χ1) is 12.7. The number of nitrogens with two attached hydrogens (primary N) is 1. The van der Waals surface area contributed by atoms with E-state index in [-0.39, 0.29) is 0 Å². The number of aromatic nitrogens is 3. The van der Waals surface area contributed by atoms with Crippen LogP contribution in [0.25, 0.3) is 21.6 Å². The van der Waals surface area contributed by atoms with E-state index in [9.17, 15) is 0 Å². The fraction of sp³-hybridized carbons (Fsp3) is 0.389. The standard InChI is InChI=1S/C18H22N6OS/c1-11-13(10-20-2)26-16-15(11)22-17(12-3-4-14(19)21-9-12)23-18(16)24-5-7-25-8-6-24/h3-4,9,20H,5-8,10H2,1-2H3,(H2,19,21). The smallest absolute Gasteiger partial charge is 0.163 e. The molecule has 0 bridgehead atoms. The maximum Gasteiger partial charge on any atom is 0.163 e. The zero-order valence-electron chi connectivity index (χ0n) is 15.0. The maximum absolute atomic E-state index is 5.72. The van der Waals surface area contributed by atoms with Crippen LogP contribution in [-0.2, 0) is 11.3 Å². The minimum Gasteiger partial charge on any atom is -0.384 e. The normalized spacial score (nSPS) is 14.9. The topological polar surface area (TPSA) is 89.2 Å². The molecular formula is C18H22N6OS. The van der Waals surface area contributed by atoms with Gasteiger partial charge >= 0.3 is 0 Å². The number of nitrogen functional groups attached to an aromatic ring is 1. The van der Waals surface area contributed by atoms with Gasteiger partial charge in [0.2, 0.25) is 0 Å². The largest absolute Gasteiger partial charge is 0.384 e. The van der Waals surface area contributed by atoms with Gasteiger partial charge in [0, 0.05) is 36.3 Å². The average molecular weight is 370 g/mol. The van der Waals surface area contributed by atoms with Gasteiger partial charge in [-0.25, -0.2) is 15.0 Å². The molecule has 3 aromatic heterocycles. The predicted octanol–water partition coefficient (Wildman–Crippen LogP) is 2.20. The Kier molecular flexibility index (Phi) is 4.71. The zero-order valence-corrected chi connectivity index (χ0v) is 15.8. The van der Waals surface area contributed by atoms with Crippen molar-refractivity contribution in [2.45, 2.75) is 13.5 Å². The highest BCUT2D eigenvalue weighted by Gasteiger charge is 2.22. The van der Waals surface area contributed by atoms with E-state index in [2.05, 4.69) is 22.1 Å². The summed E-state index contributed by atoms with van der Waals surface area (Å²) in [6.07, 6.45) is 1.73. The molecule has 0 saturated carbocycles. The van der Waals surface area contributed by atoms with Crippen LogP contribution >= 0.6 is 11.3 Å². The molecule has 4 heterocycles. The first kappa shape index (κ1) is 17.1. The van der Waals surface area contributed by atoms with E-state index in [1.165, 1.54) is 10.4 Å². The molecule has 3 aromatic rings. The minimum absolute atomic E-state index is 0.492. The van der Waals surface area contributed by atoms with Crippen molar-refractivity contribution >= 4 is 33.2 Å². The van der Waals surface area contributed by atoms with E-state index in [1.54, 1.807) is 23.6 Å². The van der Waals surface area contributed by atoms with Gasteiger partial charge in [0.1, 0.15) is 5.82 Å². The Morgan fingerprint density at radius 2 is 2.08 bits per heavy atom. The Morgan fingerprint density at radius 3 is 2.77 bits per heavy atom. The Balaban J connectivity index is 1.90. The van der Waals surface area contributed by atoms with E-state index in [0.717, 1.165) is 54.4 Å². The summed E-state index contributed by atoms with van der Waals surface area (Å²) < 4.78 is 6.65. The summed E-state index contributed by atoms with van der Waals surface area (Å²) in [5.74, 6) is 2.16. The molecule has 8 heteroatoms. The summed E-state index contributed by atoms with van der Waals surface area (Å²) in [6, 6.07) is 3.70. The van der Waals surface area contributed by atoms with Crippen LogP contribution in [-0.4, -0.2) is 48.3 Å². The number of rotatable bonds is 4. The molecule has 1 saturated heterocycles. The van der Waals surface area contributed by atoms with Crippen LogP contribution in [0.15, 0.2) is 18.3 Å². The molecule has 136 valence electrons. The van der Waals surface area contributed by atoms with Crippen molar-refractivity contribution in [1.29, 1.82) is 0 Å². The molecule has 3 N–H and O–H groups in total. The SMILES string of the molecule is CNCc1sc2c(N3CCOCC3)nc(-c3ccc(N)nc3)nc2c1C. The van der Waals surface area contributed by atoms with Crippen molar-refractivity contribution in [3.05, 3.63) is 28.8 Å². The van der Waals surface area contributed by atoms with E-state index in [1.807, 2.05) is 13.1 Å². The number of thiophene rings is 1. The van der Waals surface area contributed by atoms with Crippen molar-refractivity contribution in [3.8, 4) is 11.4 Å². The molecule has 7 nitrogen and oxygen atoms in total. The van der Waals surface area contributed by atoms with Gasteiger partial charge in [-0.3, -0.25) is 0 Å². The summed E-state index contributed by atoms with van der Waals surface area (Å²) in [5.41, 5.74) is 8.82. The number of fused-ring (bicyclic) bond motifs is 1. The maximum atomic E-state index is 5.72. The molecule has 0 radical (unpaired) electrons. The fourth-order valence-electron chi connectivity index (χ4n) is 3.10. The second-order valence-corrected chi connectivity index (χ2v) is 7.41. The quantitative estimate of drug-likeness (QED) is 0.728. The predicted molar refractivity (Wildman–Crippen MR) is 106 cm³/mol. The number of ether oxygens (including phenoxy) is 1. The highest BCUT2D eigenvalue weighted by molar-refractivity contribution is 7.19. The van der Waals surface area contributed by atoms with Crippen molar-refractivity contribution < 1.29 is 4.74 Å².